The zero-order valence-corrected chi connectivity index (χ0v) is 52.7. The van der Waals surface area contributed by atoms with Crippen molar-refractivity contribution in [2.75, 3.05) is 19.8 Å². The van der Waals surface area contributed by atoms with Gasteiger partial charge in [-0.25, -0.2) is 41.9 Å². The van der Waals surface area contributed by atoms with Gasteiger partial charge in [-0.15, -0.1) is 0 Å². The molecule has 0 spiro atoms. The molecule has 99 heavy (non-hydrogen) atoms. The number of esters is 8. The van der Waals surface area contributed by atoms with Gasteiger partial charge in [-0.1, -0.05) is 121 Å². The summed E-state index contributed by atoms with van der Waals surface area (Å²) in [6, 6.07) is 40.8. The minimum Gasteiger partial charge on any atom is -0.463 e. The predicted octanol–water partition coefficient (Wildman–Crippen LogP) is 9.40. The number of amides is 1. The summed E-state index contributed by atoms with van der Waals surface area (Å²) in [5.74, 6) is -25.4. The third kappa shape index (κ3) is 16.7. The van der Waals surface area contributed by atoms with Gasteiger partial charge in [0.15, 0.2) is 55.2 Å². The fraction of sp³-hybridized carbons (Fsp3) is 0.282. The summed E-state index contributed by atoms with van der Waals surface area (Å²) in [6.07, 6.45) is -24.9. The molecule has 2 heterocycles. The van der Waals surface area contributed by atoms with Crippen molar-refractivity contribution in [1.82, 2.24) is 5.32 Å². The van der Waals surface area contributed by atoms with Gasteiger partial charge in [0, 0.05) is 26.7 Å². The molecule has 0 bridgehead atoms. The van der Waals surface area contributed by atoms with Crippen molar-refractivity contribution in [2.24, 2.45) is 0 Å². The number of carbonyl (C=O) groups is 9. The molecule has 516 valence electrons. The van der Waals surface area contributed by atoms with E-state index in [-0.39, 0.29) is 22.3 Å². The van der Waals surface area contributed by atoms with E-state index >= 15 is 8.78 Å². The summed E-state index contributed by atoms with van der Waals surface area (Å²) >= 11 is 0. The topological polar surface area (TPSA) is 286 Å². The minimum atomic E-state index is -2.63. The smallest absolute Gasteiger partial charge is 0.407 e. The van der Waals surface area contributed by atoms with E-state index in [4.69, 9.17) is 61.6 Å². The second-order valence-electron chi connectivity index (χ2n) is 22.4. The summed E-state index contributed by atoms with van der Waals surface area (Å²) in [5, 5.41) is 2.16. The Hall–Kier alpha value is -10.9. The highest BCUT2D eigenvalue weighted by Crippen LogP contribution is 2.45. The van der Waals surface area contributed by atoms with Crippen molar-refractivity contribution in [1.29, 1.82) is 0 Å². The standard InChI is InChI=1S/C71H60F5NO22/c1-36(56(68(85)96-59-54(75)52(73)51(72)53(74)55(59)76)77-71(86)89-33-48-46-31-19-17-29-44(46)45-30-18-20-32-47(45)48)90-69-63(60(92-39(4)80)57(91-38(3)79)49(93-69)34-87-37(2)78)99-70-62(98-67(84)43-27-15-8-16-28-43)61(97-66(83)42-25-13-7-14-26-42)58(95-65(82)41-23-11-6-12-24-41)50(94-70)35-88-64(81)40-21-9-5-10-22-40/h5-32,36,48-50,56-58,60-63,69-70H,33-35H2,1-4H3,(H,77,86)/t36-,49-,50-,56+,57-,58-,60+,61+,62+,63+,69+,70-/m1/s1. The van der Waals surface area contributed by atoms with Gasteiger partial charge < -0.3 is 66.9 Å². The van der Waals surface area contributed by atoms with Crippen molar-refractivity contribution < 1.29 is 127 Å². The molecule has 10 rings (SSSR count). The Morgan fingerprint density at radius 3 is 1.29 bits per heavy atom. The fourth-order valence-electron chi connectivity index (χ4n) is 11.2. The van der Waals surface area contributed by atoms with Gasteiger partial charge in [0.2, 0.25) is 34.8 Å². The van der Waals surface area contributed by atoms with Crippen molar-refractivity contribution in [2.45, 2.75) is 107 Å². The summed E-state index contributed by atoms with van der Waals surface area (Å²) in [4.78, 5) is 126. The van der Waals surface area contributed by atoms with E-state index in [1.807, 2.05) is 12.1 Å². The van der Waals surface area contributed by atoms with Crippen molar-refractivity contribution >= 4 is 53.8 Å². The lowest BCUT2D eigenvalue weighted by Crippen LogP contribution is -2.68. The van der Waals surface area contributed by atoms with Crippen molar-refractivity contribution in [3.05, 3.63) is 232 Å². The fourth-order valence-corrected chi connectivity index (χ4v) is 11.2. The maximum Gasteiger partial charge on any atom is 0.407 e. The van der Waals surface area contributed by atoms with E-state index in [9.17, 15) is 56.3 Å². The van der Waals surface area contributed by atoms with E-state index in [1.54, 1.807) is 60.7 Å². The van der Waals surface area contributed by atoms with E-state index in [1.165, 1.54) is 97.1 Å². The first-order valence-electron chi connectivity index (χ1n) is 30.5. The molecule has 1 aliphatic carbocycles. The zero-order valence-electron chi connectivity index (χ0n) is 52.7. The van der Waals surface area contributed by atoms with Crippen LogP contribution in [0.5, 0.6) is 5.75 Å². The van der Waals surface area contributed by atoms with E-state index in [2.05, 4.69) is 5.32 Å². The molecule has 0 saturated carbocycles. The van der Waals surface area contributed by atoms with Crippen LogP contribution in [0.4, 0.5) is 26.7 Å². The number of nitrogens with one attached hydrogen (secondary N) is 1. The molecule has 1 amide bonds. The molecule has 23 nitrogen and oxygen atoms in total. The molecule has 3 aliphatic rings. The zero-order chi connectivity index (χ0) is 70.6. The molecule has 7 aromatic rings. The van der Waals surface area contributed by atoms with Crippen LogP contribution >= 0.6 is 0 Å². The van der Waals surface area contributed by atoms with E-state index < -0.39 is 188 Å². The van der Waals surface area contributed by atoms with Crippen LogP contribution in [-0.4, -0.2) is 147 Å². The minimum absolute atomic E-state index is 0.000680. The van der Waals surface area contributed by atoms with Gasteiger partial charge in [-0.05, 0) is 77.7 Å². The van der Waals surface area contributed by atoms with Crippen LogP contribution in [0.25, 0.3) is 11.1 Å². The molecule has 2 fully saturated rings. The van der Waals surface area contributed by atoms with E-state index in [0.29, 0.717) is 11.1 Å². The number of benzene rings is 7. The van der Waals surface area contributed by atoms with Crippen LogP contribution in [0, 0.1) is 29.1 Å². The summed E-state index contributed by atoms with van der Waals surface area (Å²) in [7, 11) is 0. The Morgan fingerprint density at radius 2 is 0.808 bits per heavy atom. The molecule has 0 unspecified atom stereocenters. The molecular formula is C71H60F5NO22. The van der Waals surface area contributed by atoms with Gasteiger partial charge in [0.05, 0.1) is 28.4 Å². The first-order chi connectivity index (χ1) is 47.6. The number of halogens is 5. The highest BCUT2D eigenvalue weighted by Gasteiger charge is 2.59. The highest BCUT2D eigenvalue weighted by molar-refractivity contribution is 5.92. The Balaban J connectivity index is 1.09. The molecule has 1 N–H and O–H groups in total. The third-order valence-electron chi connectivity index (χ3n) is 15.7. The van der Waals surface area contributed by atoms with Gasteiger partial charge in [-0.2, -0.15) is 8.78 Å². The third-order valence-corrected chi connectivity index (χ3v) is 15.7. The first kappa shape index (κ1) is 70.8. The van der Waals surface area contributed by atoms with Crippen LogP contribution in [-0.2, 0) is 76.0 Å². The Labute approximate surface area is 560 Å². The molecule has 2 aliphatic heterocycles. The molecule has 0 aromatic heterocycles. The Morgan fingerprint density at radius 1 is 0.414 bits per heavy atom. The lowest BCUT2D eigenvalue weighted by atomic mass is 9.95. The molecule has 12 atom stereocenters. The molecule has 2 saturated heterocycles. The Kier molecular flexibility index (Phi) is 22.9. The lowest BCUT2D eigenvalue weighted by molar-refractivity contribution is -0.370. The number of carbonyl (C=O) groups excluding carboxylic acids is 9. The van der Waals surface area contributed by atoms with Crippen molar-refractivity contribution in [3.8, 4) is 16.9 Å². The SMILES string of the molecule is CC(=O)OC[C@H]1O[C@H](O[C@H](C)[C@H](NC(=O)OCC2c3ccccc3-c3ccccc32)C(=O)Oc2c(F)c(F)c(F)c(F)c2F)[C@@H](O[C@H]2O[C@H](COC(=O)c3ccccc3)[C@@H](OC(=O)c3ccccc3)[C@H](OC(=O)c3ccccc3)[C@@H]2OC(=O)c2ccccc2)[C@@H](OC(C)=O)[C@@H]1OC(C)=O. The highest BCUT2D eigenvalue weighted by atomic mass is 19.2. The first-order valence-corrected chi connectivity index (χ1v) is 30.5. The monoisotopic (exact) mass is 1370 g/mol. The molecule has 0 radical (unpaired) electrons. The van der Waals surface area contributed by atoms with Crippen LogP contribution in [0.3, 0.4) is 0 Å². The summed E-state index contributed by atoms with van der Waals surface area (Å²) in [5.41, 5.74) is 2.65. The maximum atomic E-state index is 15.5. The van der Waals surface area contributed by atoms with Gasteiger partial charge in [0.25, 0.3) is 0 Å². The van der Waals surface area contributed by atoms with Gasteiger partial charge in [-0.3, -0.25) is 14.4 Å². The average Bonchev–Trinajstić information content (AvgIpc) is 1.50. The number of alkyl carbamates (subject to hydrolysis) is 1. The number of ether oxygens (including phenoxy) is 13. The number of fused-ring (bicyclic) bond motifs is 3. The molecule has 28 heteroatoms. The van der Waals surface area contributed by atoms with Crippen LogP contribution in [0.2, 0.25) is 0 Å². The maximum absolute atomic E-state index is 15.5. The normalized spacial score (nSPS) is 21.3. The quantitative estimate of drug-likeness (QED) is 0.0156. The van der Waals surface area contributed by atoms with Gasteiger partial charge >= 0.3 is 53.8 Å². The van der Waals surface area contributed by atoms with E-state index in [0.717, 1.165) is 38.8 Å². The predicted molar refractivity (Wildman–Crippen MR) is 328 cm³/mol. The number of hydrogen-bond acceptors (Lipinski definition) is 22. The second kappa shape index (κ2) is 32.0. The number of rotatable bonds is 23. The second-order valence-corrected chi connectivity index (χ2v) is 22.4. The number of hydrogen-bond donors (Lipinski definition) is 1. The average molecular weight is 1370 g/mol. The van der Waals surface area contributed by atoms with Crippen LogP contribution in [0.15, 0.2) is 170 Å². The van der Waals surface area contributed by atoms with Crippen molar-refractivity contribution in [3.63, 3.8) is 0 Å². The Bertz CT molecular complexity index is 4040. The largest absolute Gasteiger partial charge is 0.463 e. The lowest BCUT2D eigenvalue weighted by Gasteiger charge is -2.49. The molecule has 7 aromatic carbocycles. The molecular weight excluding hydrogens is 1310 g/mol. The summed E-state index contributed by atoms with van der Waals surface area (Å²) < 4.78 is 153. The summed E-state index contributed by atoms with van der Waals surface area (Å²) in [6.45, 7) is 1.46. The van der Waals surface area contributed by atoms with Crippen LogP contribution in [0.1, 0.15) is 86.2 Å². The van der Waals surface area contributed by atoms with Gasteiger partial charge in [0.1, 0.15) is 32.0 Å². The van der Waals surface area contributed by atoms with Crippen LogP contribution < -0.4 is 10.1 Å².